The Hall–Kier alpha value is -0.870. The molecule has 1 N–H and O–H groups in total. The summed E-state index contributed by atoms with van der Waals surface area (Å²) >= 11 is 3.54. The molecule has 0 saturated heterocycles. The molecule has 2 aromatic heterocycles. The number of thiazole rings is 1. The molecular formula is C11H14N2S2. The third kappa shape index (κ3) is 2.58. The number of aromatic nitrogens is 1. The molecule has 0 unspecified atom stereocenters. The fraction of sp³-hybridized carbons (Fsp3) is 0.364. The van der Waals surface area contributed by atoms with Gasteiger partial charge in [0.2, 0.25) is 0 Å². The SMILES string of the molecule is CCc1cnc(NCc2sccc2C)s1. The van der Waals surface area contributed by atoms with Crippen molar-refractivity contribution in [3.8, 4) is 0 Å². The van der Waals surface area contributed by atoms with Gasteiger partial charge >= 0.3 is 0 Å². The Morgan fingerprint density at radius 3 is 2.93 bits per heavy atom. The van der Waals surface area contributed by atoms with E-state index in [9.17, 15) is 0 Å². The Morgan fingerprint density at radius 1 is 1.47 bits per heavy atom. The molecule has 80 valence electrons. The molecule has 0 spiro atoms. The monoisotopic (exact) mass is 238 g/mol. The number of rotatable bonds is 4. The Balaban J connectivity index is 1.96. The van der Waals surface area contributed by atoms with Crippen LogP contribution in [0.4, 0.5) is 5.13 Å². The van der Waals surface area contributed by atoms with E-state index < -0.39 is 0 Å². The van der Waals surface area contributed by atoms with E-state index in [2.05, 4.69) is 35.6 Å². The van der Waals surface area contributed by atoms with Crippen LogP contribution in [0, 0.1) is 6.92 Å². The number of nitrogens with zero attached hydrogens (tertiary/aromatic N) is 1. The highest BCUT2D eigenvalue weighted by Gasteiger charge is 2.02. The molecule has 0 aliphatic heterocycles. The summed E-state index contributed by atoms with van der Waals surface area (Å²) in [5.74, 6) is 0. The van der Waals surface area contributed by atoms with Crippen LogP contribution in [0.5, 0.6) is 0 Å². The van der Waals surface area contributed by atoms with Gasteiger partial charge in [-0.3, -0.25) is 0 Å². The van der Waals surface area contributed by atoms with Crippen molar-refractivity contribution in [1.82, 2.24) is 4.98 Å². The molecule has 0 bridgehead atoms. The maximum Gasteiger partial charge on any atom is 0.183 e. The van der Waals surface area contributed by atoms with E-state index in [1.165, 1.54) is 15.3 Å². The molecule has 0 atom stereocenters. The Bertz CT molecular complexity index is 431. The van der Waals surface area contributed by atoms with Crippen molar-refractivity contribution >= 4 is 27.8 Å². The highest BCUT2D eigenvalue weighted by Crippen LogP contribution is 2.21. The topological polar surface area (TPSA) is 24.9 Å². The predicted octanol–water partition coefficient (Wildman–Crippen LogP) is 3.69. The summed E-state index contributed by atoms with van der Waals surface area (Å²) in [5.41, 5.74) is 1.36. The van der Waals surface area contributed by atoms with Crippen molar-refractivity contribution in [3.05, 3.63) is 33.0 Å². The van der Waals surface area contributed by atoms with Gasteiger partial charge in [0.1, 0.15) is 0 Å². The van der Waals surface area contributed by atoms with Crippen molar-refractivity contribution in [3.63, 3.8) is 0 Å². The molecule has 0 amide bonds. The molecule has 0 aliphatic carbocycles. The molecule has 0 radical (unpaired) electrons. The first-order chi connectivity index (χ1) is 7.29. The number of aryl methyl sites for hydroxylation is 2. The fourth-order valence-corrected chi connectivity index (χ4v) is 2.89. The minimum absolute atomic E-state index is 0.889. The third-order valence-electron chi connectivity index (χ3n) is 2.27. The molecule has 2 aromatic rings. The van der Waals surface area contributed by atoms with Gasteiger partial charge in [-0.2, -0.15) is 0 Å². The van der Waals surface area contributed by atoms with E-state index in [1.807, 2.05) is 6.20 Å². The zero-order chi connectivity index (χ0) is 10.7. The molecule has 15 heavy (non-hydrogen) atoms. The lowest BCUT2D eigenvalue weighted by Gasteiger charge is -2.00. The number of anilines is 1. The molecule has 4 heteroatoms. The standard InChI is InChI=1S/C11H14N2S2/c1-3-9-6-12-11(15-9)13-7-10-8(2)4-5-14-10/h4-6H,3,7H2,1-2H3,(H,12,13). The molecule has 0 aromatic carbocycles. The summed E-state index contributed by atoms with van der Waals surface area (Å²) in [6.45, 7) is 5.19. The second-order valence-electron chi connectivity index (χ2n) is 3.37. The predicted molar refractivity (Wildman–Crippen MR) is 67.9 cm³/mol. The number of hydrogen-bond acceptors (Lipinski definition) is 4. The summed E-state index contributed by atoms with van der Waals surface area (Å²) in [6, 6.07) is 2.15. The smallest absolute Gasteiger partial charge is 0.183 e. The van der Waals surface area contributed by atoms with Crippen LogP contribution in [0.15, 0.2) is 17.6 Å². The Labute approximate surface area is 98.0 Å². The van der Waals surface area contributed by atoms with Crippen LogP contribution in [-0.4, -0.2) is 4.98 Å². The zero-order valence-corrected chi connectivity index (χ0v) is 10.5. The van der Waals surface area contributed by atoms with Crippen LogP contribution in [0.1, 0.15) is 22.2 Å². The third-order valence-corrected chi connectivity index (χ3v) is 4.39. The number of thiophene rings is 1. The second-order valence-corrected chi connectivity index (χ2v) is 5.48. The molecule has 0 fully saturated rings. The molecule has 2 rings (SSSR count). The van der Waals surface area contributed by atoms with Crippen LogP contribution < -0.4 is 5.32 Å². The lowest BCUT2D eigenvalue weighted by molar-refractivity contribution is 1.14. The zero-order valence-electron chi connectivity index (χ0n) is 8.91. The van der Waals surface area contributed by atoms with E-state index in [-0.39, 0.29) is 0 Å². The Morgan fingerprint density at radius 2 is 2.33 bits per heavy atom. The van der Waals surface area contributed by atoms with E-state index in [0.717, 1.165) is 18.1 Å². The van der Waals surface area contributed by atoms with Crippen LogP contribution >= 0.6 is 22.7 Å². The van der Waals surface area contributed by atoms with Gasteiger partial charge in [0.25, 0.3) is 0 Å². The second kappa shape index (κ2) is 4.77. The fourth-order valence-electron chi connectivity index (χ4n) is 1.29. The number of nitrogens with one attached hydrogen (secondary N) is 1. The summed E-state index contributed by atoms with van der Waals surface area (Å²) in [6.07, 6.45) is 3.02. The first-order valence-electron chi connectivity index (χ1n) is 5.01. The Kier molecular flexibility index (Phi) is 3.38. The van der Waals surface area contributed by atoms with E-state index in [1.54, 1.807) is 22.7 Å². The summed E-state index contributed by atoms with van der Waals surface area (Å²) in [4.78, 5) is 7.05. The van der Waals surface area contributed by atoms with Crippen LogP contribution in [-0.2, 0) is 13.0 Å². The first kappa shape index (κ1) is 10.6. The van der Waals surface area contributed by atoms with E-state index in [4.69, 9.17) is 0 Å². The molecule has 0 saturated carbocycles. The summed E-state index contributed by atoms with van der Waals surface area (Å²) in [7, 11) is 0. The van der Waals surface area contributed by atoms with Crippen molar-refractivity contribution in [2.24, 2.45) is 0 Å². The summed E-state index contributed by atoms with van der Waals surface area (Å²) < 4.78 is 0. The van der Waals surface area contributed by atoms with Crippen molar-refractivity contribution < 1.29 is 0 Å². The van der Waals surface area contributed by atoms with Crippen molar-refractivity contribution in [2.75, 3.05) is 5.32 Å². The highest BCUT2D eigenvalue weighted by atomic mass is 32.1. The first-order valence-corrected chi connectivity index (χ1v) is 6.70. The van der Waals surface area contributed by atoms with Crippen LogP contribution in [0.2, 0.25) is 0 Å². The lowest BCUT2D eigenvalue weighted by atomic mass is 10.3. The average molecular weight is 238 g/mol. The van der Waals surface area contributed by atoms with Gasteiger partial charge in [-0.05, 0) is 30.4 Å². The maximum atomic E-state index is 4.33. The largest absolute Gasteiger partial charge is 0.357 e. The van der Waals surface area contributed by atoms with Gasteiger partial charge in [-0.15, -0.1) is 22.7 Å². The van der Waals surface area contributed by atoms with Crippen LogP contribution in [0.25, 0.3) is 0 Å². The van der Waals surface area contributed by atoms with Crippen molar-refractivity contribution in [2.45, 2.75) is 26.8 Å². The minimum Gasteiger partial charge on any atom is -0.357 e. The lowest BCUT2D eigenvalue weighted by Crippen LogP contribution is -1.97. The quantitative estimate of drug-likeness (QED) is 0.878. The van der Waals surface area contributed by atoms with Gasteiger partial charge in [0.15, 0.2) is 5.13 Å². The van der Waals surface area contributed by atoms with Crippen molar-refractivity contribution in [1.29, 1.82) is 0 Å². The molecule has 2 heterocycles. The minimum atomic E-state index is 0.889. The van der Waals surface area contributed by atoms with Gasteiger partial charge in [0.05, 0.1) is 6.54 Å². The normalized spacial score (nSPS) is 10.5. The number of hydrogen-bond donors (Lipinski definition) is 1. The summed E-state index contributed by atoms with van der Waals surface area (Å²) in [5, 5.41) is 6.52. The van der Waals surface area contributed by atoms with Gasteiger partial charge < -0.3 is 5.32 Å². The molecular weight excluding hydrogens is 224 g/mol. The van der Waals surface area contributed by atoms with Gasteiger partial charge in [0, 0.05) is 16.0 Å². The van der Waals surface area contributed by atoms with E-state index in [0.29, 0.717) is 0 Å². The highest BCUT2D eigenvalue weighted by molar-refractivity contribution is 7.15. The molecule has 0 aliphatic rings. The molecule has 2 nitrogen and oxygen atoms in total. The maximum absolute atomic E-state index is 4.33. The van der Waals surface area contributed by atoms with Gasteiger partial charge in [-0.25, -0.2) is 4.98 Å². The van der Waals surface area contributed by atoms with Crippen LogP contribution in [0.3, 0.4) is 0 Å². The van der Waals surface area contributed by atoms with E-state index >= 15 is 0 Å². The average Bonchev–Trinajstić information content (AvgIpc) is 2.84. The van der Waals surface area contributed by atoms with Gasteiger partial charge in [-0.1, -0.05) is 6.92 Å².